The number of hydrogen-bond donors (Lipinski definition) is 0. The zero-order chi connectivity index (χ0) is 13.8. The SMILES string of the molecule is CC1=N[I-]C(C#Cc2cnc(N3CCCC3)nc2)=CS1. The van der Waals surface area contributed by atoms with E-state index in [0.29, 0.717) is 0 Å². The van der Waals surface area contributed by atoms with Crippen molar-refractivity contribution in [3.63, 3.8) is 0 Å². The fraction of sp³-hybridized carbons (Fsp3) is 0.357. The Bertz CT molecular complexity index is 606. The molecule has 0 atom stereocenters. The quantitative estimate of drug-likeness (QED) is 0.471. The van der Waals surface area contributed by atoms with Crippen LogP contribution in [0.2, 0.25) is 0 Å². The van der Waals surface area contributed by atoms with Crippen molar-refractivity contribution in [2.24, 2.45) is 3.21 Å². The van der Waals surface area contributed by atoms with Crippen molar-refractivity contribution < 1.29 is 21.5 Å². The Balaban J connectivity index is 1.67. The Hall–Kier alpha value is -1.07. The second kappa shape index (κ2) is 6.59. The molecule has 0 aromatic carbocycles. The van der Waals surface area contributed by atoms with Crippen LogP contribution in [0.25, 0.3) is 0 Å². The summed E-state index contributed by atoms with van der Waals surface area (Å²) in [6.07, 6.45) is 6.11. The van der Waals surface area contributed by atoms with Crippen LogP contribution in [0.5, 0.6) is 0 Å². The standard InChI is InChI=1S/C14H14IN4S/c1-11-18-15-13(10-20-11)5-4-12-8-16-14(17-9-12)19-6-2-3-7-19/h8-10H,2-3,6-7H2,1H3/q-1. The Morgan fingerprint density at radius 3 is 2.60 bits per heavy atom. The van der Waals surface area contributed by atoms with E-state index in [0.717, 1.165) is 33.2 Å². The topological polar surface area (TPSA) is 41.4 Å². The molecule has 3 rings (SSSR count). The summed E-state index contributed by atoms with van der Waals surface area (Å²) in [5, 5.41) is 3.25. The molecule has 104 valence electrons. The van der Waals surface area contributed by atoms with Crippen molar-refractivity contribution in [1.29, 1.82) is 0 Å². The fourth-order valence-electron chi connectivity index (χ4n) is 1.93. The van der Waals surface area contributed by atoms with E-state index in [-0.39, 0.29) is 21.5 Å². The molecule has 0 radical (unpaired) electrons. The first-order valence-corrected chi connectivity index (χ1v) is 9.38. The fourth-order valence-corrected chi connectivity index (χ4v) is 4.49. The first-order chi connectivity index (χ1) is 9.81. The molecule has 2 aliphatic rings. The molecule has 0 bridgehead atoms. The Labute approximate surface area is 133 Å². The van der Waals surface area contributed by atoms with E-state index in [1.54, 1.807) is 11.8 Å². The van der Waals surface area contributed by atoms with Gasteiger partial charge in [0.2, 0.25) is 0 Å². The number of thioether (sulfide) groups is 1. The van der Waals surface area contributed by atoms with Crippen molar-refractivity contribution in [2.45, 2.75) is 19.8 Å². The maximum absolute atomic E-state index is 4.47. The predicted octanol–water partition coefficient (Wildman–Crippen LogP) is -0.561. The van der Waals surface area contributed by atoms with Crippen molar-refractivity contribution in [3.05, 3.63) is 26.9 Å². The van der Waals surface area contributed by atoms with Crippen molar-refractivity contribution >= 4 is 22.8 Å². The van der Waals surface area contributed by atoms with Crippen molar-refractivity contribution in [3.8, 4) is 11.8 Å². The van der Waals surface area contributed by atoms with Crippen LogP contribution in [0.4, 0.5) is 5.95 Å². The number of anilines is 1. The van der Waals surface area contributed by atoms with E-state index in [4.69, 9.17) is 0 Å². The summed E-state index contributed by atoms with van der Waals surface area (Å²) >= 11 is 1.36. The van der Waals surface area contributed by atoms with Gasteiger partial charge in [0, 0.05) is 0 Å². The molecule has 1 fully saturated rings. The van der Waals surface area contributed by atoms with Gasteiger partial charge in [-0.05, 0) is 0 Å². The van der Waals surface area contributed by atoms with Gasteiger partial charge in [0.25, 0.3) is 0 Å². The summed E-state index contributed by atoms with van der Waals surface area (Å²) in [6, 6.07) is 0. The first kappa shape index (κ1) is 13.9. The normalized spacial score (nSPS) is 18.6. The molecule has 0 aliphatic carbocycles. The maximum atomic E-state index is 4.47. The molecule has 0 amide bonds. The van der Waals surface area contributed by atoms with E-state index in [1.165, 1.54) is 12.8 Å². The number of aromatic nitrogens is 2. The van der Waals surface area contributed by atoms with Crippen molar-refractivity contribution in [2.75, 3.05) is 18.0 Å². The van der Waals surface area contributed by atoms with Crippen LogP contribution < -0.4 is 26.4 Å². The molecule has 3 heterocycles. The molecule has 20 heavy (non-hydrogen) atoms. The van der Waals surface area contributed by atoms with Gasteiger partial charge in [-0.1, -0.05) is 0 Å². The molecule has 0 spiro atoms. The van der Waals surface area contributed by atoms with Gasteiger partial charge < -0.3 is 0 Å². The van der Waals surface area contributed by atoms with Crippen LogP contribution in [-0.4, -0.2) is 28.1 Å². The van der Waals surface area contributed by atoms with E-state index in [9.17, 15) is 0 Å². The van der Waals surface area contributed by atoms with Gasteiger partial charge in [0.15, 0.2) is 0 Å². The van der Waals surface area contributed by atoms with Gasteiger partial charge in [-0.2, -0.15) is 0 Å². The third-order valence-corrected chi connectivity index (χ3v) is 6.54. The molecule has 6 heteroatoms. The zero-order valence-corrected chi connectivity index (χ0v) is 14.1. The molecular weight excluding hydrogens is 383 g/mol. The zero-order valence-electron chi connectivity index (χ0n) is 11.1. The van der Waals surface area contributed by atoms with Gasteiger partial charge in [0.05, 0.1) is 0 Å². The van der Waals surface area contributed by atoms with Gasteiger partial charge in [-0.15, -0.1) is 0 Å². The monoisotopic (exact) mass is 397 g/mol. The summed E-state index contributed by atoms with van der Waals surface area (Å²) in [7, 11) is 0. The van der Waals surface area contributed by atoms with Crippen LogP contribution in [0.3, 0.4) is 0 Å². The van der Waals surface area contributed by atoms with E-state index < -0.39 is 0 Å². The number of allylic oxidation sites excluding steroid dienone is 1. The molecule has 0 saturated carbocycles. The van der Waals surface area contributed by atoms with E-state index in [2.05, 4.69) is 35.3 Å². The summed E-state index contributed by atoms with van der Waals surface area (Å²) < 4.78 is 5.63. The summed E-state index contributed by atoms with van der Waals surface area (Å²) in [5.41, 5.74) is 0.870. The minimum atomic E-state index is -0.298. The second-order valence-electron chi connectivity index (χ2n) is 4.49. The number of nitrogens with zero attached hydrogens (tertiary/aromatic N) is 4. The van der Waals surface area contributed by atoms with Gasteiger partial charge in [0.1, 0.15) is 0 Å². The van der Waals surface area contributed by atoms with Crippen LogP contribution in [0.15, 0.2) is 24.6 Å². The molecule has 0 unspecified atom stereocenters. The summed E-state index contributed by atoms with van der Waals surface area (Å²) in [4.78, 5) is 11.0. The van der Waals surface area contributed by atoms with Crippen LogP contribution >= 0.6 is 11.8 Å². The third kappa shape index (κ3) is 3.52. The van der Waals surface area contributed by atoms with Gasteiger partial charge in [-0.3, -0.25) is 0 Å². The Morgan fingerprint density at radius 1 is 1.20 bits per heavy atom. The Kier molecular flexibility index (Phi) is 4.58. The molecular formula is C14H14IN4S-. The first-order valence-electron chi connectivity index (χ1n) is 6.46. The number of rotatable bonds is 1. The van der Waals surface area contributed by atoms with Crippen LogP contribution in [0.1, 0.15) is 25.3 Å². The second-order valence-corrected chi connectivity index (χ2v) is 7.68. The predicted molar refractivity (Wildman–Crippen MR) is 79.1 cm³/mol. The summed E-state index contributed by atoms with van der Waals surface area (Å²) in [6.45, 7) is 4.17. The minimum absolute atomic E-state index is 0.298. The molecule has 2 aliphatic heterocycles. The van der Waals surface area contributed by atoms with Gasteiger partial charge in [-0.25, -0.2) is 0 Å². The molecule has 0 N–H and O–H groups in total. The molecule has 1 saturated heterocycles. The number of halogens is 1. The van der Waals surface area contributed by atoms with Crippen molar-refractivity contribution in [1.82, 2.24) is 9.97 Å². The summed E-state index contributed by atoms with van der Waals surface area (Å²) in [5.74, 6) is 7.14. The molecule has 4 nitrogen and oxygen atoms in total. The van der Waals surface area contributed by atoms with Gasteiger partial charge >= 0.3 is 134 Å². The molecule has 1 aromatic rings. The average molecular weight is 397 g/mol. The van der Waals surface area contributed by atoms with E-state index >= 15 is 0 Å². The van der Waals surface area contributed by atoms with Crippen LogP contribution in [0, 0.1) is 11.8 Å². The number of hydrogen-bond acceptors (Lipinski definition) is 5. The van der Waals surface area contributed by atoms with E-state index in [1.807, 2.05) is 19.3 Å². The third-order valence-electron chi connectivity index (χ3n) is 2.94. The van der Waals surface area contributed by atoms with Crippen LogP contribution in [-0.2, 0) is 0 Å². The molecule has 1 aromatic heterocycles. The Morgan fingerprint density at radius 2 is 1.95 bits per heavy atom. The average Bonchev–Trinajstić information content (AvgIpc) is 3.01.